The number of aliphatic imine (C=N–C) groups is 1. The van der Waals surface area contributed by atoms with E-state index >= 15 is 0 Å². The maximum atomic E-state index is 13.3. The van der Waals surface area contributed by atoms with Crippen LogP contribution in [0.5, 0.6) is 0 Å². The summed E-state index contributed by atoms with van der Waals surface area (Å²) in [5.41, 5.74) is 5.14. The van der Waals surface area contributed by atoms with Gasteiger partial charge in [0.1, 0.15) is 36.0 Å². The number of aromatic amines is 1. The van der Waals surface area contributed by atoms with Crippen molar-refractivity contribution in [2.24, 2.45) is 4.99 Å². The van der Waals surface area contributed by atoms with E-state index in [2.05, 4.69) is 74.4 Å². The molecule has 6 heterocycles. The van der Waals surface area contributed by atoms with Gasteiger partial charge in [0, 0.05) is 13.1 Å². The van der Waals surface area contributed by atoms with E-state index in [0.29, 0.717) is 19.6 Å². The Morgan fingerprint density at radius 1 is 0.740 bits per heavy atom. The van der Waals surface area contributed by atoms with Gasteiger partial charge in [0.25, 0.3) is 0 Å². The van der Waals surface area contributed by atoms with E-state index in [-0.39, 0.29) is 29.9 Å². The van der Waals surface area contributed by atoms with Gasteiger partial charge in [-0.2, -0.15) is 0 Å². The SMILES string of the molecule is C[C@H]1OC(=O)NC1C(=O)N1CCC[C@H]1C1=NCC(c2ccc(-c3ccc(-c4cnc([C@@H]5CCCN5C(=O)[C@@H]5NC(=O)O[C@@H]5C)[nH]4)cc3)cc2)N1. The first-order valence-corrected chi connectivity index (χ1v) is 17.4. The number of likely N-dealkylation sites (tertiary alicyclic amines) is 2. The summed E-state index contributed by atoms with van der Waals surface area (Å²) in [4.78, 5) is 66.3. The second kappa shape index (κ2) is 12.8. The molecule has 0 saturated carbocycles. The summed E-state index contributed by atoms with van der Waals surface area (Å²) < 4.78 is 10.3. The Morgan fingerprint density at radius 2 is 1.28 bits per heavy atom. The summed E-state index contributed by atoms with van der Waals surface area (Å²) in [5, 5.41) is 8.83. The third-order valence-electron chi connectivity index (χ3n) is 10.5. The van der Waals surface area contributed by atoms with Gasteiger partial charge in [-0.1, -0.05) is 48.5 Å². The summed E-state index contributed by atoms with van der Waals surface area (Å²) in [6, 6.07) is 15.1. The number of hydrogen-bond acceptors (Lipinski definition) is 9. The number of rotatable bonds is 7. The summed E-state index contributed by atoms with van der Waals surface area (Å²) >= 11 is 0. The third-order valence-corrected chi connectivity index (χ3v) is 10.5. The van der Waals surface area contributed by atoms with E-state index in [1.54, 1.807) is 24.9 Å². The van der Waals surface area contributed by atoms with Crippen LogP contribution in [0.3, 0.4) is 0 Å². The molecule has 260 valence electrons. The molecule has 4 fully saturated rings. The molecular weight excluding hydrogens is 640 g/mol. The van der Waals surface area contributed by atoms with Gasteiger partial charge in [-0.25, -0.2) is 14.6 Å². The average Bonchev–Trinajstić information content (AvgIpc) is 3.97. The molecule has 14 heteroatoms. The number of benzene rings is 2. The van der Waals surface area contributed by atoms with Crippen molar-refractivity contribution < 1.29 is 28.7 Å². The number of amides is 4. The lowest BCUT2D eigenvalue weighted by Crippen LogP contribution is -2.53. The molecule has 5 aliphatic heterocycles. The molecule has 2 aromatic carbocycles. The van der Waals surface area contributed by atoms with E-state index in [4.69, 9.17) is 14.5 Å². The highest BCUT2D eigenvalue weighted by Gasteiger charge is 2.44. The molecule has 2 unspecified atom stereocenters. The molecule has 4 saturated heterocycles. The van der Waals surface area contributed by atoms with Gasteiger partial charge in [-0.15, -0.1) is 0 Å². The van der Waals surface area contributed by atoms with Gasteiger partial charge in [-0.05, 0) is 61.8 Å². The minimum Gasteiger partial charge on any atom is -0.444 e. The van der Waals surface area contributed by atoms with Crippen molar-refractivity contribution in [1.29, 1.82) is 0 Å². The molecule has 4 N–H and O–H groups in total. The van der Waals surface area contributed by atoms with Crippen molar-refractivity contribution in [1.82, 2.24) is 35.7 Å². The van der Waals surface area contributed by atoms with Crippen LogP contribution >= 0.6 is 0 Å². The van der Waals surface area contributed by atoms with Gasteiger partial charge < -0.3 is 40.2 Å². The summed E-state index contributed by atoms with van der Waals surface area (Å²) in [5.74, 6) is 1.27. The Bertz CT molecular complexity index is 1840. The first-order chi connectivity index (χ1) is 24.2. The number of carbonyl (C=O) groups excluding carboxylic acids is 4. The number of aromatic nitrogens is 2. The van der Waals surface area contributed by atoms with Gasteiger partial charge in [0.15, 0.2) is 0 Å². The van der Waals surface area contributed by atoms with Crippen LogP contribution in [0, 0.1) is 0 Å². The number of nitrogens with one attached hydrogen (secondary N) is 4. The van der Waals surface area contributed by atoms with Crippen LogP contribution in [0.25, 0.3) is 22.4 Å². The zero-order chi connectivity index (χ0) is 34.5. The molecule has 3 aromatic rings. The van der Waals surface area contributed by atoms with Crippen LogP contribution in [-0.2, 0) is 19.1 Å². The second-order valence-corrected chi connectivity index (χ2v) is 13.6. The molecule has 5 aliphatic rings. The Morgan fingerprint density at radius 3 is 1.86 bits per heavy atom. The molecule has 14 nitrogen and oxygen atoms in total. The molecule has 0 bridgehead atoms. The lowest BCUT2D eigenvalue weighted by Gasteiger charge is -2.28. The number of H-pyrrole nitrogens is 1. The maximum absolute atomic E-state index is 13.3. The molecule has 4 amide bonds. The van der Waals surface area contributed by atoms with E-state index in [1.807, 2.05) is 4.90 Å². The van der Waals surface area contributed by atoms with Gasteiger partial charge in [0.2, 0.25) is 11.8 Å². The third kappa shape index (κ3) is 5.81. The number of ether oxygens (including phenoxy) is 2. The zero-order valence-corrected chi connectivity index (χ0v) is 27.9. The lowest BCUT2D eigenvalue weighted by atomic mass is 9.99. The lowest BCUT2D eigenvalue weighted by molar-refractivity contribution is -0.135. The molecule has 50 heavy (non-hydrogen) atoms. The number of imidazole rings is 1. The van der Waals surface area contributed by atoms with E-state index < -0.39 is 36.5 Å². The van der Waals surface area contributed by atoms with E-state index in [9.17, 15) is 19.2 Å². The highest BCUT2D eigenvalue weighted by Crippen LogP contribution is 2.34. The van der Waals surface area contributed by atoms with Crippen molar-refractivity contribution in [2.45, 2.75) is 81.9 Å². The zero-order valence-electron chi connectivity index (χ0n) is 27.9. The van der Waals surface area contributed by atoms with E-state index in [1.165, 1.54) is 0 Å². The Hall–Kier alpha value is -5.40. The summed E-state index contributed by atoms with van der Waals surface area (Å²) in [6.07, 6.45) is 3.03. The maximum Gasteiger partial charge on any atom is 0.408 e. The smallest absolute Gasteiger partial charge is 0.408 e. The van der Waals surface area contributed by atoms with E-state index in [0.717, 1.165) is 65.3 Å². The van der Waals surface area contributed by atoms with Gasteiger partial charge in [-0.3, -0.25) is 14.6 Å². The number of cyclic esters (lactones) is 2. The van der Waals surface area contributed by atoms with Crippen LogP contribution in [0.1, 0.15) is 63.0 Å². The minimum atomic E-state index is -0.687. The molecule has 0 aliphatic carbocycles. The Kier molecular flexibility index (Phi) is 8.16. The first kappa shape index (κ1) is 31.8. The predicted octanol–water partition coefficient (Wildman–Crippen LogP) is 3.43. The highest BCUT2D eigenvalue weighted by atomic mass is 16.6. The van der Waals surface area contributed by atoms with Crippen LogP contribution < -0.4 is 16.0 Å². The van der Waals surface area contributed by atoms with Crippen molar-refractivity contribution in [3.05, 3.63) is 66.1 Å². The van der Waals surface area contributed by atoms with Gasteiger partial charge >= 0.3 is 12.2 Å². The van der Waals surface area contributed by atoms with Crippen molar-refractivity contribution in [2.75, 3.05) is 19.6 Å². The van der Waals surface area contributed by atoms with Crippen LogP contribution in [0.15, 0.2) is 59.7 Å². The molecule has 7 atom stereocenters. The summed E-state index contributed by atoms with van der Waals surface area (Å²) in [7, 11) is 0. The molecule has 0 spiro atoms. The first-order valence-electron chi connectivity index (χ1n) is 17.4. The number of hydrogen-bond donors (Lipinski definition) is 4. The normalized spacial score (nSPS) is 28.9. The predicted molar refractivity (Wildman–Crippen MR) is 182 cm³/mol. The minimum absolute atomic E-state index is 0.0155. The topological polar surface area (TPSA) is 170 Å². The fourth-order valence-electron chi connectivity index (χ4n) is 7.79. The summed E-state index contributed by atoms with van der Waals surface area (Å²) in [6.45, 7) is 5.27. The van der Waals surface area contributed by atoms with Crippen LogP contribution in [-0.4, -0.2) is 99.6 Å². The van der Waals surface area contributed by atoms with Crippen LogP contribution in [0.2, 0.25) is 0 Å². The number of nitrogens with zero attached hydrogens (tertiary/aromatic N) is 4. The molecule has 8 rings (SSSR count). The fraction of sp³-hybridized carbons (Fsp3) is 0.444. The van der Waals surface area contributed by atoms with Gasteiger partial charge in [0.05, 0.1) is 36.6 Å². The molecule has 0 radical (unpaired) electrons. The Balaban J connectivity index is 0.889. The quantitative estimate of drug-likeness (QED) is 0.294. The van der Waals surface area contributed by atoms with Crippen LogP contribution in [0.4, 0.5) is 9.59 Å². The second-order valence-electron chi connectivity index (χ2n) is 13.6. The largest absolute Gasteiger partial charge is 0.444 e. The monoisotopic (exact) mass is 680 g/mol. The standard InChI is InChI=1S/C36H40N8O6/c1-19-29(41-35(47)49-19)33(45)43-15-3-5-27(43)31-37-17-25(39-31)23-11-7-21(8-12-23)22-9-13-24(14-10-22)26-18-38-32(40-26)28-6-4-16-44(28)34(46)30-20(2)50-36(48)42-30/h7-14,17,19-20,26-30H,3-6,15-16,18H2,1-2H3,(H,37,39)(H,38,40)(H,41,47)(H,42,48)/t19-,20-,26?,27+,28+,29-,30?/m1/s1. The van der Waals surface area contributed by atoms with Crippen molar-refractivity contribution >= 4 is 29.8 Å². The fourth-order valence-corrected chi connectivity index (χ4v) is 7.79. The molecule has 1 aromatic heterocycles. The molecular formula is C36H40N8O6. The Labute approximate surface area is 289 Å². The number of amidine groups is 1. The number of carbonyl (C=O) groups is 4. The van der Waals surface area contributed by atoms with Crippen molar-refractivity contribution in [3.63, 3.8) is 0 Å². The average molecular weight is 681 g/mol. The van der Waals surface area contributed by atoms with Crippen molar-refractivity contribution in [3.8, 4) is 22.4 Å². The number of alkyl carbamates (subject to hydrolysis) is 2. The highest BCUT2D eigenvalue weighted by molar-refractivity contribution is 5.96.